The van der Waals surface area contributed by atoms with E-state index in [1.54, 1.807) is 23.6 Å². The highest BCUT2D eigenvalue weighted by molar-refractivity contribution is 7.18. The normalized spacial score (nSPS) is 10.9. The second kappa shape index (κ2) is 8.51. The van der Waals surface area contributed by atoms with Crippen molar-refractivity contribution in [2.24, 2.45) is 0 Å². The number of para-hydroxylation sites is 1. The number of hydrogen-bond acceptors (Lipinski definition) is 7. The summed E-state index contributed by atoms with van der Waals surface area (Å²) < 4.78 is 6.80. The van der Waals surface area contributed by atoms with Gasteiger partial charge in [-0.25, -0.2) is 9.97 Å². The van der Waals surface area contributed by atoms with Crippen LogP contribution in [0.15, 0.2) is 36.5 Å². The topological polar surface area (TPSA) is 74.9 Å². The van der Waals surface area contributed by atoms with Gasteiger partial charge in [0, 0.05) is 12.7 Å². The molecule has 0 bridgehead atoms. The molecule has 0 aliphatic rings. The maximum atomic E-state index is 8.69. The maximum absolute atomic E-state index is 8.69. The predicted octanol–water partition coefficient (Wildman–Crippen LogP) is 3.05. The van der Waals surface area contributed by atoms with Gasteiger partial charge in [0.15, 0.2) is 0 Å². The van der Waals surface area contributed by atoms with E-state index in [1.165, 1.54) is 4.70 Å². The molecule has 0 atom stereocenters. The van der Waals surface area contributed by atoms with Gasteiger partial charge in [-0.1, -0.05) is 12.1 Å². The molecule has 1 aromatic carbocycles. The Balaban J connectivity index is 1.42. The van der Waals surface area contributed by atoms with Gasteiger partial charge in [-0.2, -0.15) is 10.2 Å². The maximum Gasteiger partial charge on any atom is 0.316 e. The molecule has 0 amide bonds. The van der Waals surface area contributed by atoms with Crippen LogP contribution in [0.25, 0.3) is 10.2 Å². The molecule has 0 N–H and O–H groups in total. The second-order valence-electron chi connectivity index (χ2n) is 5.68. The molecule has 2 heterocycles. The molecular formula is C18H19N5OS. The van der Waals surface area contributed by atoms with E-state index in [2.05, 4.69) is 39.0 Å². The van der Waals surface area contributed by atoms with E-state index in [0.717, 1.165) is 30.0 Å². The molecule has 0 unspecified atom stereocenters. The van der Waals surface area contributed by atoms with Gasteiger partial charge in [-0.3, -0.25) is 4.90 Å². The molecule has 25 heavy (non-hydrogen) atoms. The number of ether oxygens (including phenoxy) is 1. The Morgan fingerprint density at radius 1 is 1.24 bits per heavy atom. The van der Waals surface area contributed by atoms with E-state index in [-0.39, 0.29) is 6.42 Å². The van der Waals surface area contributed by atoms with Crippen LogP contribution >= 0.6 is 11.3 Å². The summed E-state index contributed by atoms with van der Waals surface area (Å²) in [6.45, 7) is 2.27. The number of nitrogens with zero attached hydrogens (tertiary/aromatic N) is 5. The molecule has 7 heteroatoms. The molecule has 2 aromatic heterocycles. The van der Waals surface area contributed by atoms with Crippen molar-refractivity contribution in [2.75, 3.05) is 20.2 Å². The van der Waals surface area contributed by atoms with Gasteiger partial charge in [0.1, 0.15) is 5.01 Å². The quantitative estimate of drug-likeness (QED) is 0.580. The van der Waals surface area contributed by atoms with Gasteiger partial charge in [0.25, 0.3) is 0 Å². The van der Waals surface area contributed by atoms with Crippen molar-refractivity contribution in [2.45, 2.75) is 19.4 Å². The molecule has 0 spiro atoms. The summed E-state index contributed by atoms with van der Waals surface area (Å²) in [4.78, 5) is 15.1. The molecule has 0 saturated carbocycles. The van der Waals surface area contributed by atoms with Crippen molar-refractivity contribution in [3.8, 4) is 12.1 Å². The summed E-state index contributed by atoms with van der Waals surface area (Å²) in [5.74, 6) is 0. The van der Waals surface area contributed by atoms with E-state index < -0.39 is 0 Å². The summed E-state index contributed by atoms with van der Waals surface area (Å²) in [6.07, 6.45) is 2.76. The lowest BCUT2D eigenvalue weighted by Gasteiger charge is -2.14. The smallest absolute Gasteiger partial charge is 0.316 e. The van der Waals surface area contributed by atoms with Crippen LogP contribution in [0.5, 0.6) is 6.01 Å². The van der Waals surface area contributed by atoms with Gasteiger partial charge in [0.05, 0.1) is 41.6 Å². The minimum absolute atomic E-state index is 0.268. The molecule has 6 nitrogen and oxygen atoms in total. The van der Waals surface area contributed by atoms with Crippen molar-refractivity contribution in [3.05, 3.63) is 47.2 Å². The SMILES string of the molecule is CN(CCCOc1nccc(CC#N)n1)Cc1nc2ccccc2s1. The standard InChI is InChI=1S/C18H19N5OS/c1-23(13-17-22-15-5-2-3-6-16(15)25-17)11-4-12-24-18-20-10-8-14(21-18)7-9-19/h2-3,5-6,8,10H,4,7,11-13H2,1H3. The Hall–Kier alpha value is -2.56. The first-order chi connectivity index (χ1) is 12.2. The average molecular weight is 353 g/mol. The first-order valence-corrected chi connectivity index (χ1v) is 8.91. The number of fused-ring (bicyclic) bond motifs is 1. The van der Waals surface area contributed by atoms with Crippen molar-refractivity contribution in [3.63, 3.8) is 0 Å². The first kappa shape index (κ1) is 17.3. The van der Waals surface area contributed by atoms with E-state index in [9.17, 15) is 0 Å². The third-order valence-electron chi connectivity index (χ3n) is 3.61. The number of benzene rings is 1. The van der Waals surface area contributed by atoms with Crippen molar-refractivity contribution in [1.29, 1.82) is 5.26 Å². The van der Waals surface area contributed by atoms with Gasteiger partial charge >= 0.3 is 6.01 Å². The van der Waals surface area contributed by atoms with Crippen LogP contribution in [0.1, 0.15) is 17.1 Å². The van der Waals surface area contributed by atoms with E-state index >= 15 is 0 Å². The zero-order valence-corrected chi connectivity index (χ0v) is 14.9. The number of aromatic nitrogens is 3. The molecule has 3 rings (SSSR count). The summed E-state index contributed by atoms with van der Waals surface area (Å²) in [7, 11) is 2.08. The minimum Gasteiger partial charge on any atom is -0.463 e. The fourth-order valence-corrected chi connectivity index (χ4v) is 3.47. The first-order valence-electron chi connectivity index (χ1n) is 8.09. The summed E-state index contributed by atoms with van der Waals surface area (Å²) >= 11 is 1.74. The van der Waals surface area contributed by atoms with Crippen LogP contribution in [-0.2, 0) is 13.0 Å². The van der Waals surface area contributed by atoms with Gasteiger partial charge in [0.2, 0.25) is 0 Å². The molecule has 0 saturated heterocycles. The second-order valence-corrected chi connectivity index (χ2v) is 6.80. The Kier molecular flexibility index (Phi) is 5.88. The van der Waals surface area contributed by atoms with Crippen LogP contribution < -0.4 is 4.74 Å². The van der Waals surface area contributed by atoms with E-state index in [1.807, 2.05) is 18.2 Å². The lowest BCUT2D eigenvalue weighted by molar-refractivity contribution is 0.246. The summed E-state index contributed by atoms with van der Waals surface area (Å²) in [5, 5.41) is 9.81. The molecule has 0 aliphatic carbocycles. The van der Waals surface area contributed by atoms with Crippen LogP contribution in [-0.4, -0.2) is 40.1 Å². The molecule has 0 aliphatic heterocycles. The zero-order chi connectivity index (χ0) is 17.5. The van der Waals surface area contributed by atoms with Gasteiger partial charge in [-0.05, 0) is 31.7 Å². The van der Waals surface area contributed by atoms with Gasteiger partial charge < -0.3 is 4.74 Å². The number of hydrogen-bond donors (Lipinski definition) is 0. The average Bonchev–Trinajstić information content (AvgIpc) is 3.01. The lowest BCUT2D eigenvalue weighted by atomic mass is 10.3. The van der Waals surface area contributed by atoms with Crippen LogP contribution in [0.4, 0.5) is 0 Å². The van der Waals surface area contributed by atoms with Crippen LogP contribution in [0.2, 0.25) is 0 Å². The van der Waals surface area contributed by atoms with Crippen molar-refractivity contribution < 1.29 is 4.74 Å². The molecule has 0 radical (unpaired) electrons. The lowest BCUT2D eigenvalue weighted by Crippen LogP contribution is -2.20. The highest BCUT2D eigenvalue weighted by Gasteiger charge is 2.07. The van der Waals surface area contributed by atoms with Crippen LogP contribution in [0, 0.1) is 11.3 Å². The van der Waals surface area contributed by atoms with E-state index in [0.29, 0.717) is 18.3 Å². The minimum atomic E-state index is 0.268. The number of nitriles is 1. The Bertz CT molecular complexity index is 840. The fourth-order valence-electron chi connectivity index (χ4n) is 2.42. The third kappa shape index (κ3) is 4.95. The van der Waals surface area contributed by atoms with Crippen molar-refractivity contribution >= 4 is 21.6 Å². The molecular weight excluding hydrogens is 334 g/mol. The highest BCUT2D eigenvalue weighted by atomic mass is 32.1. The largest absolute Gasteiger partial charge is 0.463 e. The Labute approximate surface area is 150 Å². The number of rotatable bonds is 8. The summed E-state index contributed by atoms with van der Waals surface area (Å²) in [5.41, 5.74) is 1.74. The third-order valence-corrected chi connectivity index (χ3v) is 4.63. The monoisotopic (exact) mass is 353 g/mol. The highest BCUT2D eigenvalue weighted by Crippen LogP contribution is 2.22. The predicted molar refractivity (Wildman–Crippen MR) is 97.4 cm³/mol. The zero-order valence-electron chi connectivity index (χ0n) is 14.1. The fraction of sp³-hybridized carbons (Fsp3) is 0.333. The molecule has 128 valence electrons. The number of thiazole rings is 1. The van der Waals surface area contributed by atoms with Crippen molar-refractivity contribution in [1.82, 2.24) is 19.9 Å². The Morgan fingerprint density at radius 2 is 2.12 bits per heavy atom. The van der Waals surface area contributed by atoms with Crippen LogP contribution in [0.3, 0.4) is 0 Å². The summed E-state index contributed by atoms with van der Waals surface area (Å²) in [6, 6.07) is 12.3. The van der Waals surface area contributed by atoms with Gasteiger partial charge in [-0.15, -0.1) is 11.3 Å². The molecule has 3 aromatic rings. The Morgan fingerprint density at radius 3 is 2.96 bits per heavy atom. The molecule has 0 fully saturated rings. The van der Waals surface area contributed by atoms with E-state index in [4.69, 9.17) is 10.00 Å².